The van der Waals surface area contributed by atoms with Crippen molar-refractivity contribution in [2.75, 3.05) is 6.61 Å². The van der Waals surface area contributed by atoms with Crippen molar-refractivity contribution in [2.45, 2.75) is 46.5 Å². The van der Waals surface area contributed by atoms with Crippen LogP contribution in [0.25, 0.3) is 0 Å². The standard InChI is InChI=1S/C12H24O2Si/c1-10(2)11(13)14-8-12(3,4)9-15(5,6)7/h1,8-9H2,2-7H3. The van der Waals surface area contributed by atoms with Gasteiger partial charge in [-0.25, -0.2) is 4.79 Å². The van der Waals surface area contributed by atoms with E-state index < -0.39 is 8.07 Å². The molecule has 0 aromatic heterocycles. The summed E-state index contributed by atoms with van der Waals surface area (Å²) < 4.78 is 5.20. The predicted octanol–water partition coefficient (Wildman–Crippen LogP) is 3.47. The van der Waals surface area contributed by atoms with Crippen LogP contribution < -0.4 is 0 Å². The van der Waals surface area contributed by atoms with E-state index in [9.17, 15) is 4.79 Å². The second kappa shape index (κ2) is 4.97. The first-order chi connectivity index (χ1) is 6.53. The molecular weight excluding hydrogens is 204 g/mol. The van der Waals surface area contributed by atoms with E-state index >= 15 is 0 Å². The molecule has 15 heavy (non-hydrogen) atoms. The van der Waals surface area contributed by atoms with Gasteiger partial charge < -0.3 is 4.74 Å². The van der Waals surface area contributed by atoms with Gasteiger partial charge in [0.25, 0.3) is 0 Å². The number of rotatable bonds is 5. The SMILES string of the molecule is C=C(C)C(=O)OCC(C)(C)C[Si](C)(C)C. The van der Waals surface area contributed by atoms with E-state index in [0.29, 0.717) is 12.2 Å². The van der Waals surface area contributed by atoms with Gasteiger partial charge in [0.2, 0.25) is 0 Å². The highest BCUT2D eigenvalue weighted by molar-refractivity contribution is 6.76. The lowest BCUT2D eigenvalue weighted by molar-refractivity contribution is -0.141. The Morgan fingerprint density at radius 2 is 1.80 bits per heavy atom. The van der Waals surface area contributed by atoms with Gasteiger partial charge in [-0.1, -0.05) is 40.1 Å². The summed E-state index contributed by atoms with van der Waals surface area (Å²) in [5.41, 5.74) is 0.550. The predicted molar refractivity (Wildman–Crippen MR) is 67.7 cm³/mol. The van der Waals surface area contributed by atoms with Gasteiger partial charge in [0.05, 0.1) is 6.61 Å². The highest BCUT2D eigenvalue weighted by atomic mass is 28.3. The Bertz CT molecular complexity index is 249. The van der Waals surface area contributed by atoms with Gasteiger partial charge in [-0.05, 0) is 18.4 Å². The molecule has 0 saturated heterocycles. The number of ether oxygens (including phenoxy) is 1. The topological polar surface area (TPSA) is 26.3 Å². The van der Waals surface area contributed by atoms with Crippen molar-refractivity contribution >= 4 is 14.0 Å². The third-order valence-electron chi connectivity index (χ3n) is 1.95. The van der Waals surface area contributed by atoms with Gasteiger partial charge >= 0.3 is 5.97 Å². The first kappa shape index (κ1) is 14.4. The molecule has 0 atom stereocenters. The zero-order valence-electron chi connectivity index (χ0n) is 10.9. The quantitative estimate of drug-likeness (QED) is 0.409. The van der Waals surface area contributed by atoms with Gasteiger partial charge in [0.15, 0.2) is 0 Å². The van der Waals surface area contributed by atoms with Crippen LogP contribution in [0.15, 0.2) is 12.2 Å². The molecule has 88 valence electrons. The summed E-state index contributed by atoms with van der Waals surface area (Å²) in [6, 6.07) is 1.16. The molecular formula is C12H24O2Si. The fraction of sp³-hybridized carbons (Fsp3) is 0.750. The molecule has 0 bridgehead atoms. The molecule has 0 aliphatic rings. The Labute approximate surface area is 94.7 Å². The van der Waals surface area contributed by atoms with E-state index in [1.54, 1.807) is 6.92 Å². The van der Waals surface area contributed by atoms with Crippen molar-refractivity contribution < 1.29 is 9.53 Å². The van der Waals surface area contributed by atoms with Crippen molar-refractivity contribution in [3.63, 3.8) is 0 Å². The Morgan fingerprint density at radius 3 is 2.13 bits per heavy atom. The molecule has 0 heterocycles. The first-order valence-corrected chi connectivity index (χ1v) is 9.07. The molecule has 0 aromatic carbocycles. The van der Waals surface area contributed by atoms with Crippen LogP contribution in [-0.4, -0.2) is 20.7 Å². The summed E-state index contributed by atoms with van der Waals surface area (Å²) >= 11 is 0. The molecule has 3 heteroatoms. The highest BCUT2D eigenvalue weighted by Gasteiger charge is 2.28. The Kier molecular flexibility index (Phi) is 4.78. The average Bonchev–Trinajstić information content (AvgIpc) is 1.95. The normalized spacial score (nSPS) is 12.4. The molecule has 0 radical (unpaired) electrons. The highest BCUT2D eigenvalue weighted by Crippen LogP contribution is 2.28. The minimum Gasteiger partial charge on any atom is -0.462 e. The van der Waals surface area contributed by atoms with Crippen molar-refractivity contribution in [1.29, 1.82) is 0 Å². The Morgan fingerprint density at radius 1 is 1.33 bits per heavy atom. The van der Waals surface area contributed by atoms with E-state index in [1.165, 1.54) is 0 Å². The van der Waals surface area contributed by atoms with Crippen LogP contribution >= 0.6 is 0 Å². The summed E-state index contributed by atoms with van der Waals surface area (Å²) in [5, 5.41) is 0. The van der Waals surface area contributed by atoms with Crippen molar-refractivity contribution in [3.05, 3.63) is 12.2 Å². The molecule has 0 aromatic rings. The van der Waals surface area contributed by atoms with Crippen LogP contribution in [0.5, 0.6) is 0 Å². The summed E-state index contributed by atoms with van der Waals surface area (Å²) in [7, 11) is -1.11. The molecule has 0 spiro atoms. The van der Waals surface area contributed by atoms with Gasteiger partial charge in [0.1, 0.15) is 0 Å². The fourth-order valence-corrected chi connectivity index (χ4v) is 4.84. The van der Waals surface area contributed by atoms with Crippen LogP contribution in [0.1, 0.15) is 20.8 Å². The van der Waals surface area contributed by atoms with Gasteiger partial charge in [-0.3, -0.25) is 0 Å². The van der Waals surface area contributed by atoms with Crippen molar-refractivity contribution in [1.82, 2.24) is 0 Å². The third-order valence-corrected chi connectivity index (χ3v) is 3.97. The van der Waals surface area contributed by atoms with E-state index in [-0.39, 0.29) is 11.4 Å². The second-order valence-corrected chi connectivity index (χ2v) is 11.7. The maximum atomic E-state index is 11.2. The molecule has 0 aliphatic carbocycles. The van der Waals surface area contributed by atoms with Crippen LogP contribution in [0.2, 0.25) is 25.7 Å². The minimum atomic E-state index is -1.11. The third kappa shape index (κ3) is 7.37. The van der Waals surface area contributed by atoms with E-state index in [1.807, 2.05) is 0 Å². The molecule has 0 amide bonds. The summed E-state index contributed by atoms with van der Waals surface area (Å²) in [6.07, 6.45) is 0. The van der Waals surface area contributed by atoms with Gasteiger partial charge in [0, 0.05) is 13.6 Å². The Balaban J connectivity index is 4.16. The van der Waals surface area contributed by atoms with Crippen LogP contribution in [0, 0.1) is 5.41 Å². The number of carbonyl (C=O) groups is 1. The van der Waals surface area contributed by atoms with Gasteiger partial charge in [-0.2, -0.15) is 0 Å². The summed E-state index contributed by atoms with van der Waals surface area (Å²) in [5.74, 6) is -0.279. The van der Waals surface area contributed by atoms with Crippen molar-refractivity contribution in [3.8, 4) is 0 Å². The lowest BCUT2D eigenvalue weighted by atomic mass is 9.98. The minimum absolute atomic E-state index is 0.0790. The average molecular weight is 228 g/mol. The van der Waals surface area contributed by atoms with Crippen LogP contribution in [0.4, 0.5) is 0 Å². The molecule has 2 nitrogen and oxygen atoms in total. The zero-order valence-corrected chi connectivity index (χ0v) is 11.9. The lowest BCUT2D eigenvalue weighted by Gasteiger charge is -2.30. The molecule has 0 unspecified atom stereocenters. The molecule has 0 rings (SSSR count). The van der Waals surface area contributed by atoms with Gasteiger partial charge in [-0.15, -0.1) is 0 Å². The first-order valence-electron chi connectivity index (χ1n) is 5.36. The van der Waals surface area contributed by atoms with Crippen LogP contribution in [-0.2, 0) is 9.53 Å². The number of hydrogen-bond acceptors (Lipinski definition) is 2. The lowest BCUT2D eigenvalue weighted by Crippen LogP contribution is -2.32. The number of esters is 1. The Hall–Kier alpha value is -0.573. The van der Waals surface area contributed by atoms with Crippen molar-refractivity contribution in [2.24, 2.45) is 5.41 Å². The van der Waals surface area contributed by atoms with E-state index in [4.69, 9.17) is 4.74 Å². The molecule has 0 N–H and O–H groups in total. The number of carbonyl (C=O) groups excluding carboxylic acids is 1. The second-order valence-electron chi connectivity index (χ2n) is 6.26. The molecule has 0 saturated carbocycles. The molecule has 0 fully saturated rings. The zero-order chi connectivity index (χ0) is 12.3. The van der Waals surface area contributed by atoms with Crippen LogP contribution in [0.3, 0.4) is 0 Å². The maximum Gasteiger partial charge on any atom is 0.333 e. The summed E-state index contributed by atoms with van der Waals surface area (Å²) in [4.78, 5) is 11.2. The fourth-order valence-electron chi connectivity index (χ4n) is 1.87. The van der Waals surface area contributed by atoms with E-state index in [2.05, 4.69) is 40.1 Å². The largest absolute Gasteiger partial charge is 0.462 e. The summed E-state index contributed by atoms with van der Waals surface area (Å²) in [6.45, 7) is 17.0. The molecule has 0 aliphatic heterocycles. The maximum absolute atomic E-state index is 11.2. The number of hydrogen-bond donors (Lipinski definition) is 0. The monoisotopic (exact) mass is 228 g/mol. The van der Waals surface area contributed by atoms with E-state index in [0.717, 1.165) is 6.04 Å². The smallest absolute Gasteiger partial charge is 0.333 e.